The molecule has 18 heavy (non-hydrogen) atoms. The summed E-state index contributed by atoms with van der Waals surface area (Å²) in [6.45, 7) is 4.67. The van der Waals surface area contributed by atoms with Crippen molar-refractivity contribution in [2.45, 2.75) is 50.2 Å². The fraction of sp³-hybridized carbons (Fsp3) is 0.667. The first kappa shape index (κ1) is 15.0. The van der Waals surface area contributed by atoms with Gasteiger partial charge in [0.1, 0.15) is 5.25 Å². The first-order valence-electron chi connectivity index (χ1n) is 6.03. The van der Waals surface area contributed by atoms with E-state index in [2.05, 4.69) is 11.9 Å². The van der Waals surface area contributed by atoms with Crippen LogP contribution in [0, 0.1) is 0 Å². The van der Waals surface area contributed by atoms with Gasteiger partial charge in [-0.3, -0.25) is 4.79 Å². The van der Waals surface area contributed by atoms with E-state index < -0.39 is 0 Å². The van der Waals surface area contributed by atoms with Crippen molar-refractivity contribution in [2.24, 2.45) is 0 Å². The van der Waals surface area contributed by atoms with E-state index in [-0.39, 0.29) is 17.8 Å². The van der Waals surface area contributed by atoms with Crippen LogP contribution < -0.4 is 0 Å². The Balaban J connectivity index is 2.81. The van der Waals surface area contributed by atoms with Gasteiger partial charge in [0.25, 0.3) is 0 Å². The van der Waals surface area contributed by atoms with Gasteiger partial charge in [0.2, 0.25) is 0 Å². The lowest BCUT2D eigenvalue weighted by Gasteiger charge is -2.12. The Hall–Kier alpha value is -1.01. The highest BCUT2D eigenvalue weighted by molar-refractivity contribution is 8.00. The van der Waals surface area contributed by atoms with Crippen LogP contribution in [-0.2, 0) is 22.7 Å². The number of rotatable bonds is 7. The van der Waals surface area contributed by atoms with E-state index in [0.717, 1.165) is 30.2 Å². The third kappa shape index (κ3) is 3.74. The first-order valence-corrected chi connectivity index (χ1v) is 6.91. The summed E-state index contributed by atoms with van der Waals surface area (Å²) >= 11 is 1.36. The molecule has 1 N–H and O–H groups in total. The Kier molecular flexibility index (Phi) is 6.21. The number of hydrogen-bond acceptors (Lipinski definition) is 5. The second-order valence-electron chi connectivity index (χ2n) is 3.98. The van der Waals surface area contributed by atoms with Gasteiger partial charge in [0, 0.05) is 6.54 Å². The van der Waals surface area contributed by atoms with Crippen LogP contribution in [-0.4, -0.2) is 33.0 Å². The predicted molar refractivity (Wildman–Crippen MR) is 70.4 cm³/mol. The van der Waals surface area contributed by atoms with Crippen molar-refractivity contribution in [3.63, 3.8) is 0 Å². The zero-order valence-corrected chi connectivity index (χ0v) is 11.9. The molecule has 0 aromatic carbocycles. The molecule has 1 heterocycles. The van der Waals surface area contributed by atoms with Crippen LogP contribution in [0.1, 0.15) is 32.4 Å². The van der Waals surface area contributed by atoms with Gasteiger partial charge in [-0.25, -0.2) is 4.98 Å². The molecular weight excluding hydrogens is 252 g/mol. The van der Waals surface area contributed by atoms with Crippen LogP contribution in [0.2, 0.25) is 0 Å². The molecule has 0 amide bonds. The molecular formula is C12H20N2O3S. The van der Waals surface area contributed by atoms with Gasteiger partial charge in [-0.2, -0.15) is 0 Å². The number of nitrogens with zero attached hydrogens (tertiary/aromatic N) is 2. The number of aromatic nitrogens is 2. The lowest BCUT2D eigenvalue weighted by molar-refractivity contribution is -0.139. The third-order valence-electron chi connectivity index (χ3n) is 2.61. The highest BCUT2D eigenvalue weighted by atomic mass is 32.2. The molecule has 0 saturated heterocycles. The average molecular weight is 272 g/mol. The first-order chi connectivity index (χ1) is 8.63. The SMILES string of the molecule is CCCCn1c(CO)cnc1SC(C)C(=O)OC. The van der Waals surface area contributed by atoms with Crippen LogP contribution in [0.15, 0.2) is 11.4 Å². The number of thioether (sulfide) groups is 1. The molecule has 6 heteroatoms. The number of carbonyl (C=O) groups is 1. The molecule has 0 spiro atoms. The molecule has 0 fully saturated rings. The topological polar surface area (TPSA) is 64.3 Å². The minimum atomic E-state index is -0.302. The summed E-state index contributed by atoms with van der Waals surface area (Å²) in [5.74, 6) is -0.268. The van der Waals surface area contributed by atoms with E-state index >= 15 is 0 Å². The van der Waals surface area contributed by atoms with E-state index in [1.807, 2.05) is 4.57 Å². The Labute approximate surface area is 112 Å². The highest BCUT2D eigenvalue weighted by Crippen LogP contribution is 2.24. The fourth-order valence-electron chi connectivity index (χ4n) is 1.54. The Morgan fingerprint density at radius 3 is 2.94 bits per heavy atom. The average Bonchev–Trinajstić information content (AvgIpc) is 2.77. The summed E-state index contributed by atoms with van der Waals surface area (Å²) in [6, 6.07) is 0. The van der Waals surface area contributed by atoms with Gasteiger partial charge in [-0.1, -0.05) is 25.1 Å². The largest absolute Gasteiger partial charge is 0.468 e. The summed E-state index contributed by atoms with van der Waals surface area (Å²) in [6.07, 6.45) is 3.74. The predicted octanol–water partition coefficient (Wildman–Crippen LogP) is 1.83. The number of esters is 1. The van der Waals surface area contributed by atoms with Crippen molar-refractivity contribution < 1.29 is 14.6 Å². The Morgan fingerprint density at radius 2 is 2.39 bits per heavy atom. The smallest absolute Gasteiger partial charge is 0.318 e. The van der Waals surface area contributed by atoms with Crippen LogP contribution in [0.3, 0.4) is 0 Å². The van der Waals surface area contributed by atoms with E-state index in [4.69, 9.17) is 4.74 Å². The maximum Gasteiger partial charge on any atom is 0.318 e. The van der Waals surface area contributed by atoms with Crippen LogP contribution in [0.5, 0.6) is 0 Å². The molecule has 1 rings (SSSR count). The summed E-state index contributed by atoms with van der Waals surface area (Å²) in [7, 11) is 1.38. The monoisotopic (exact) mass is 272 g/mol. The standard InChI is InChI=1S/C12H20N2O3S/c1-4-5-6-14-10(8-15)7-13-12(14)18-9(2)11(16)17-3/h7,9,15H,4-6,8H2,1-3H3. The van der Waals surface area contributed by atoms with Crippen molar-refractivity contribution in [3.05, 3.63) is 11.9 Å². The molecule has 1 aromatic heterocycles. The van der Waals surface area contributed by atoms with E-state index in [9.17, 15) is 9.90 Å². The minimum absolute atomic E-state index is 0.0378. The number of ether oxygens (including phenoxy) is 1. The molecule has 5 nitrogen and oxygen atoms in total. The lowest BCUT2D eigenvalue weighted by atomic mass is 10.3. The summed E-state index contributed by atoms with van der Waals surface area (Å²) in [5.41, 5.74) is 0.781. The van der Waals surface area contributed by atoms with Crippen molar-refractivity contribution in [2.75, 3.05) is 7.11 Å². The molecule has 0 radical (unpaired) electrons. The van der Waals surface area contributed by atoms with Gasteiger partial charge in [-0.15, -0.1) is 0 Å². The summed E-state index contributed by atoms with van der Waals surface area (Å²) in [5, 5.41) is 9.71. The minimum Gasteiger partial charge on any atom is -0.468 e. The highest BCUT2D eigenvalue weighted by Gasteiger charge is 2.19. The van der Waals surface area contributed by atoms with Crippen molar-refractivity contribution in [1.29, 1.82) is 0 Å². The Morgan fingerprint density at radius 1 is 1.67 bits per heavy atom. The normalized spacial score (nSPS) is 12.4. The van der Waals surface area contributed by atoms with E-state index in [1.54, 1.807) is 13.1 Å². The number of unbranched alkanes of at least 4 members (excludes halogenated alkanes) is 1. The van der Waals surface area contributed by atoms with E-state index in [1.165, 1.54) is 18.9 Å². The molecule has 1 aromatic rings. The second-order valence-corrected chi connectivity index (χ2v) is 5.29. The molecule has 1 atom stereocenters. The molecule has 0 aliphatic carbocycles. The van der Waals surface area contributed by atoms with Gasteiger partial charge in [-0.05, 0) is 13.3 Å². The van der Waals surface area contributed by atoms with Crippen molar-refractivity contribution >= 4 is 17.7 Å². The van der Waals surface area contributed by atoms with Gasteiger partial charge in [0.15, 0.2) is 5.16 Å². The molecule has 102 valence electrons. The third-order valence-corrected chi connectivity index (χ3v) is 3.70. The zero-order chi connectivity index (χ0) is 13.5. The van der Waals surface area contributed by atoms with Gasteiger partial charge in [0.05, 0.1) is 25.6 Å². The number of hydrogen-bond donors (Lipinski definition) is 1. The Bertz CT molecular complexity index is 393. The number of carbonyl (C=O) groups excluding carboxylic acids is 1. The number of methoxy groups -OCH3 is 1. The van der Waals surface area contributed by atoms with E-state index in [0.29, 0.717) is 0 Å². The van der Waals surface area contributed by atoms with Crippen molar-refractivity contribution in [3.8, 4) is 0 Å². The molecule has 0 saturated carbocycles. The number of aliphatic hydroxyl groups is 1. The van der Waals surface area contributed by atoms with Crippen LogP contribution in [0.4, 0.5) is 0 Å². The molecule has 1 unspecified atom stereocenters. The van der Waals surface area contributed by atoms with Crippen LogP contribution >= 0.6 is 11.8 Å². The molecule has 0 aliphatic rings. The quantitative estimate of drug-likeness (QED) is 0.606. The lowest BCUT2D eigenvalue weighted by Crippen LogP contribution is -2.16. The fourth-order valence-corrected chi connectivity index (χ4v) is 2.50. The van der Waals surface area contributed by atoms with Gasteiger partial charge >= 0.3 is 5.97 Å². The molecule has 0 aliphatic heterocycles. The maximum atomic E-state index is 11.4. The molecule has 0 bridgehead atoms. The van der Waals surface area contributed by atoms with Crippen LogP contribution in [0.25, 0.3) is 0 Å². The van der Waals surface area contributed by atoms with Gasteiger partial charge < -0.3 is 14.4 Å². The maximum absolute atomic E-state index is 11.4. The zero-order valence-electron chi connectivity index (χ0n) is 11.0. The summed E-state index contributed by atoms with van der Waals surface area (Å²) in [4.78, 5) is 15.6. The number of aliphatic hydroxyl groups excluding tert-OH is 1. The second kappa shape index (κ2) is 7.43. The summed E-state index contributed by atoms with van der Waals surface area (Å²) < 4.78 is 6.66. The van der Waals surface area contributed by atoms with Crippen molar-refractivity contribution in [1.82, 2.24) is 9.55 Å². The number of imidazole rings is 1.